The summed E-state index contributed by atoms with van der Waals surface area (Å²) in [7, 11) is 1.42. The van der Waals surface area contributed by atoms with E-state index in [4.69, 9.17) is 14.7 Å². The van der Waals surface area contributed by atoms with Crippen LogP contribution in [0.25, 0.3) is 0 Å². The lowest BCUT2D eigenvalue weighted by Crippen LogP contribution is -2.35. The third-order valence-corrected chi connectivity index (χ3v) is 6.52. The van der Waals surface area contributed by atoms with Gasteiger partial charge in [0.25, 0.3) is 12.9 Å². The predicted molar refractivity (Wildman–Crippen MR) is 147 cm³/mol. The van der Waals surface area contributed by atoms with Crippen LogP contribution in [0.5, 0.6) is 11.5 Å². The molecule has 0 saturated carbocycles. The molecule has 2 N–H and O–H groups in total. The third kappa shape index (κ3) is 8.12. The molecule has 0 aromatic heterocycles. The Hall–Kier alpha value is -4.86. The molecule has 0 radical (unpaired) electrons. The van der Waals surface area contributed by atoms with Crippen molar-refractivity contribution in [3.63, 3.8) is 0 Å². The van der Waals surface area contributed by atoms with Crippen LogP contribution in [-0.2, 0) is 22.6 Å². The number of amides is 2. The number of alkyl halides is 4. The number of rotatable bonds is 8. The van der Waals surface area contributed by atoms with Crippen LogP contribution in [-0.4, -0.2) is 49.8 Å². The molecular weight excluding hydrogens is 575 g/mol. The molecule has 4 bridgehead atoms. The van der Waals surface area contributed by atoms with Crippen LogP contribution in [0.1, 0.15) is 34.7 Å². The number of hydrogen-bond donors (Lipinski definition) is 2. The quantitative estimate of drug-likeness (QED) is 0.322. The van der Waals surface area contributed by atoms with Gasteiger partial charge in [-0.05, 0) is 60.0 Å². The molecule has 3 aromatic carbocycles. The van der Waals surface area contributed by atoms with E-state index in [2.05, 4.69) is 10.6 Å². The number of nitrogens with zero attached hydrogens (tertiary/aromatic N) is 2. The summed E-state index contributed by atoms with van der Waals surface area (Å²) in [4.78, 5) is 27.9. The fraction of sp³-hybridized carbons (Fsp3) is 0.300. The van der Waals surface area contributed by atoms with Crippen LogP contribution in [0.4, 0.5) is 33.3 Å². The van der Waals surface area contributed by atoms with Crippen molar-refractivity contribution in [1.82, 2.24) is 4.90 Å². The highest BCUT2D eigenvalue weighted by molar-refractivity contribution is 5.91. The normalized spacial score (nSPS) is 15.5. The van der Waals surface area contributed by atoms with Crippen LogP contribution >= 0.6 is 0 Å². The Labute approximate surface area is 244 Å². The molecule has 0 saturated heterocycles. The standard InChI is InChI=1S/C30H27F5N4O4/c1-39-14-20-11-22(12-23(31)29(20)43-16-26(34)35)37-27(40)9-5-18-10-19(4-8-24(18)42-15-25(32)33)28(30(39)41)38-21-6-2-17(13-36)3-7-21/h2-4,6-8,10-12,25-26,28,38H,5,9,14-16H2,1H3,(H,37,40). The van der Waals surface area contributed by atoms with Crippen molar-refractivity contribution in [3.8, 4) is 17.6 Å². The minimum Gasteiger partial charge on any atom is -0.487 e. The number of nitrogens with one attached hydrogen (secondary N) is 2. The van der Waals surface area contributed by atoms with E-state index in [0.717, 1.165) is 6.07 Å². The van der Waals surface area contributed by atoms with Gasteiger partial charge in [-0.2, -0.15) is 5.26 Å². The first-order valence-electron chi connectivity index (χ1n) is 13.1. The van der Waals surface area contributed by atoms with E-state index in [-0.39, 0.29) is 36.4 Å². The van der Waals surface area contributed by atoms with Gasteiger partial charge in [0.15, 0.2) is 11.6 Å². The maximum atomic E-state index is 15.1. The summed E-state index contributed by atoms with van der Waals surface area (Å²) < 4.78 is 77.0. The minimum atomic E-state index is -2.88. The molecule has 226 valence electrons. The SMILES string of the molecule is CN1Cc2cc(cc(F)c2OCC(F)F)NC(=O)CCc2cc(ccc2OCC(F)F)C(Nc2ccc(C#N)cc2)C1=O. The van der Waals surface area contributed by atoms with Gasteiger partial charge in [0.2, 0.25) is 11.8 Å². The lowest BCUT2D eigenvalue weighted by molar-refractivity contribution is -0.131. The van der Waals surface area contributed by atoms with Crippen molar-refractivity contribution in [3.05, 3.63) is 82.7 Å². The van der Waals surface area contributed by atoms with E-state index in [1.807, 2.05) is 6.07 Å². The fourth-order valence-electron chi connectivity index (χ4n) is 4.54. The van der Waals surface area contributed by atoms with Crippen LogP contribution in [0.3, 0.4) is 0 Å². The number of nitriles is 1. The summed E-state index contributed by atoms with van der Waals surface area (Å²) in [5.74, 6) is -2.45. The van der Waals surface area contributed by atoms with Gasteiger partial charge in [0, 0.05) is 43.0 Å². The zero-order valence-corrected chi connectivity index (χ0v) is 22.9. The molecule has 43 heavy (non-hydrogen) atoms. The number of hydrogen-bond acceptors (Lipinski definition) is 6. The topological polar surface area (TPSA) is 104 Å². The number of halogens is 5. The third-order valence-electron chi connectivity index (χ3n) is 6.52. The van der Waals surface area contributed by atoms with E-state index >= 15 is 4.39 Å². The van der Waals surface area contributed by atoms with Crippen molar-refractivity contribution in [2.45, 2.75) is 38.3 Å². The van der Waals surface area contributed by atoms with Crippen molar-refractivity contribution in [2.75, 3.05) is 30.9 Å². The second-order valence-electron chi connectivity index (χ2n) is 9.73. The van der Waals surface area contributed by atoms with E-state index in [1.54, 1.807) is 30.3 Å². The molecule has 0 aliphatic carbocycles. The average Bonchev–Trinajstić information content (AvgIpc) is 2.96. The molecular formula is C30H27F5N4O4. The molecule has 1 aliphatic rings. The zero-order chi connectivity index (χ0) is 31.1. The van der Waals surface area contributed by atoms with Crippen LogP contribution in [0.2, 0.25) is 0 Å². The molecule has 0 spiro atoms. The molecule has 1 heterocycles. The molecule has 13 heteroatoms. The first-order valence-corrected chi connectivity index (χ1v) is 13.1. The van der Waals surface area contributed by atoms with Gasteiger partial charge in [0.05, 0.1) is 11.6 Å². The molecule has 4 rings (SSSR count). The molecule has 1 atom stereocenters. The Kier molecular flexibility index (Phi) is 10.0. The molecule has 1 aliphatic heterocycles. The summed E-state index contributed by atoms with van der Waals surface area (Å²) >= 11 is 0. The van der Waals surface area contributed by atoms with Gasteiger partial charge >= 0.3 is 0 Å². The number of anilines is 2. The number of ether oxygens (including phenoxy) is 2. The second kappa shape index (κ2) is 13.9. The number of carbonyl (C=O) groups excluding carboxylic acids is 2. The Morgan fingerprint density at radius 2 is 1.67 bits per heavy atom. The Bertz CT molecular complexity index is 1510. The first-order chi connectivity index (χ1) is 20.5. The summed E-state index contributed by atoms with van der Waals surface area (Å²) in [5, 5.41) is 14.8. The highest BCUT2D eigenvalue weighted by Gasteiger charge is 2.28. The lowest BCUT2D eigenvalue weighted by Gasteiger charge is -2.27. The number of likely N-dealkylation sites (N-methyl/N-ethyl adjacent to an activating group) is 1. The summed E-state index contributed by atoms with van der Waals surface area (Å²) in [6, 6.07) is 14.0. The summed E-state index contributed by atoms with van der Waals surface area (Å²) in [5.41, 5.74) is 1.69. The number of benzene rings is 3. The average molecular weight is 603 g/mol. The van der Waals surface area contributed by atoms with Gasteiger partial charge < -0.3 is 25.0 Å². The zero-order valence-electron chi connectivity index (χ0n) is 22.9. The monoisotopic (exact) mass is 602 g/mol. The van der Waals surface area contributed by atoms with Crippen LogP contribution in [0, 0.1) is 17.1 Å². The Balaban J connectivity index is 1.78. The van der Waals surface area contributed by atoms with Gasteiger partial charge in [-0.15, -0.1) is 0 Å². The molecule has 2 amide bonds. The smallest absolute Gasteiger partial charge is 0.272 e. The Morgan fingerprint density at radius 3 is 2.35 bits per heavy atom. The van der Waals surface area contributed by atoms with Crippen molar-refractivity contribution in [1.29, 1.82) is 5.26 Å². The van der Waals surface area contributed by atoms with E-state index in [9.17, 15) is 27.2 Å². The van der Waals surface area contributed by atoms with Gasteiger partial charge in [-0.1, -0.05) is 6.07 Å². The fourth-order valence-corrected chi connectivity index (χ4v) is 4.54. The van der Waals surface area contributed by atoms with Crippen molar-refractivity contribution < 1.29 is 41.0 Å². The van der Waals surface area contributed by atoms with Gasteiger partial charge in [0.1, 0.15) is 25.0 Å². The maximum absolute atomic E-state index is 15.1. The largest absolute Gasteiger partial charge is 0.487 e. The molecule has 1 unspecified atom stereocenters. The van der Waals surface area contributed by atoms with E-state index in [1.165, 1.54) is 30.1 Å². The van der Waals surface area contributed by atoms with Gasteiger partial charge in [-0.25, -0.2) is 22.0 Å². The Morgan fingerprint density at radius 1 is 0.977 bits per heavy atom. The van der Waals surface area contributed by atoms with E-state index < -0.39 is 55.5 Å². The second-order valence-corrected chi connectivity index (χ2v) is 9.73. The van der Waals surface area contributed by atoms with Gasteiger partial charge in [-0.3, -0.25) is 9.59 Å². The lowest BCUT2D eigenvalue weighted by atomic mass is 9.98. The highest BCUT2D eigenvalue weighted by atomic mass is 19.3. The number of fused-ring (bicyclic) bond motifs is 4. The summed E-state index contributed by atoms with van der Waals surface area (Å²) in [6.07, 6.45) is -5.76. The summed E-state index contributed by atoms with van der Waals surface area (Å²) in [6.45, 7) is -2.25. The van der Waals surface area contributed by atoms with Crippen molar-refractivity contribution >= 4 is 23.2 Å². The van der Waals surface area contributed by atoms with Crippen LogP contribution < -0.4 is 20.1 Å². The number of carbonyl (C=O) groups is 2. The van der Waals surface area contributed by atoms with E-state index in [0.29, 0.717) is 22.4 Å². The molecule has 0 fully saturated rings. The molecule has 3 aromatic rings. The van der Waals surface area contributed by atoms with Crippen molar-refractivity contribution in [2.24, 2.45) is 0 Å². The number of aryl methyl sites for hydroxylation is 1. The minimum absolute atomic E-state index is 0.00925. The maximum Gasteiger partial charge on any atom is 0.272 e. The highest BCUT2D eigenvalue weighted by Crippen LogP contribution is 2.32. The predicted octanol–water partition coefficient (Wildman–Crippen LogP) is 5.68. The van der Waals surface area contributed by atoms with Crippen LogP contribution in [0.15, 0.2) is 54.6 Å². The molecule has 8 nitrogen and oxygen atoms in total. The first kappa shape index (κ1) is 31.1.